The lowest BCUT2D eigenvalue weighted by atomic mass is 9.93. The summed E-state index contributed by atoms with van der Waals surface area (Å²) in [6.45, 7) is 2.64. The molecule has 0 aliphatic heterocycles. The highest BCUT2D eigenvalue weighted by Crippen LogP contribution is 2.58. The minimum atomic E-state index is -7.70. The lowest BCUT2D eigenvalue weighted by molar-refractivity contribution is -0.407. The van der Waals surface area contributed by atoms with Crippen LogP contribution in [-0.4, -0.2) is 59.9 Å². The highest BCUT2D eigenvalue weighted by Gasteiger charge is 2.89. The Bertz CT molecular complexity index is 654. The van der Waals surface area contributed by atoms with Crippen molar-refractivity contribution in [3.63, 3.8) is 0 Å². The third-order valence-electron chi connectivity index (χ3n) is 5.99. The number of amides is 1. The van der Waals surface area contributed by atoms with Crippen LogP contribution in [0.25, 0.3) is 0 Å². The average Bonchev–Trinajstić information content (AvgIpc) is 2.80. The summed E-state index contributed by atoms with van der Waals surface area (Å²) >= 11 is 0. The van der Waals surface area contributed by atoms with E-state index < -0.39 is 55.0 Å². The fourth-order valence-corrected chi connectivity index (χ4v) is 3.55. The molecule has 0 bridgehead atoms. The molecular formula is C23H35F12NO. The van der Waals surface area contributed by atoms with E-state index >= 15 is 0 Å². The van der Waals surface area contributed by atoms with E-state index in [4.69, 9.17) is 0 Å². The molecule has 0 N–H and O–H groups in total. The Hall–Kier alpha value is -1.37. The molecule has 14 heteroatoms. The summed E-state index contributed by atoms with van der Waals surface area (Å²) in [6.07, 6.45) is 1.24. The minimum absolute atomic E-state index is 0.00292. The number of halogens is 12. The Morgan fingerprint density at radius 2 is 0.919 bits per heavy atom. The van der Waals surface area contributed by atoms with Gasteiger partial charge in [-0.2, -0.15) is 43.9 Å². The van der Waals surface area contributed by atoms with E-state index in [1.54, 1.807) is 0 Å². The number of carbonyl (C=O) groups excluding carboxylic acids is 1. The number of rotatable bonds is 20. The molecule has 0 aliphatic rings. The molecule has 0 radical (unpaired) electrons. The van der Waals surface area contributed by atoms with E-state index in [-0.39, 0.29) is 17.7 Å². The van der Waals surface area contributed by atoms with Crippen LogP contribution in [-0.2, 0) is 4.79 Å². The second-order valence-electron chi connectivity index (χ2n) is 9.05. The Balaban J connectivity index is 5.84. The van der Waals surface area contributed by atoms with Gasteiger partial charge in [-0.3, -0.25) is 4.79 Å². The van der Waals surface area contributed by atoms with Crippen molar-refractivity contribution in [2.24, 2.45) is 0 Å². The summed E-state index contributed by atoms with van der Waals surface area (Å²) < 4.78 is 162. The molecule has 0 spiro atoms. The number of carbonyl (C=O) groups is 1. The first kappa shape index (κ1) is 35.6. The van der Waals surface area contributed by atoms with Gasteiger partial charge in [0.15, 0.2) is 0 Å². The van der Waals surface area contributed by atoms with Gasteiger partial charge in [0.05, 0.1) is 0 Å². The zero-order valence-corrected chi connectivity index (χ0v) is 20.9. The molecule has 0 heterocycles. The third kappa shape index (κ3) is 8.31. The summed E-state index contributed by atoms with van der Waals surface area (Å²) in [7, 11) is 0. The summed E-state index contributed by atoms with van der Waals surface area (Å²) in [6, 6.07) is 0. The number of nitrogens with zero attached hydrogens (tertiary/aromatic N) is 1. The van der Waals surface area contributed by atoms with Crippen LogP contribution in [0.15, 0.2) is 0 Å². The Kier molecular flexibility index (Phi) is 14.1. The zero-order chi connectivity index (χ0) is 29.1. The Morgan fingerprint density at radius 3 is 1.27 bits per heavy atom. The maximum atomic E-state index is 14.4. The van der Waals surface area contributed by atoms with E-state index in [0.29, 0.717) is 25.7 Å². The Labute approximate surface area is 209 Å². The summed E-state index contributed by atoms with van der Waals surface area (Å²) in [5.41, 5.74) is 0. The molecule has 0 rings (SSSR count). The first-order chi connectivity index (χ1) is 16.9. The molecule has 222 valence electrons. The van der Waals surface area contributed by atoms with Crippen LogP contribution in [0.3, 0.4) is 0 Å². The summed E-state index contributed by atoms with van der Waals surface area (Å²) in [5.74, 6) is -39.4. The van der Waals surface area contributed by atoms with Gasteiger partial charge in [0.1, 0.15) is 0 Å². The van der Waals surface area contributed by atoms with Crippen molar-refractivity contribution in [3.05, 3.63) is 0 Å². The Morgan fingerprint density at radius 1 is 0.568 bits per heavy atom. The molecular weight excluding hydrogens is 534 g/mol. The second-order valence-corrected chi connectivity index (χ2v) is 9.05. The second kappa shape index (κ2) is 14.7. The molecule has 1 amide bonds. The normalized spacial score (nSPS) is 13.9. The van der Waals surface area contributed by atoms with E-state index in [1.165, 1.54) is 0 Å². The number of hydrogen-bond acceptors (Lipinski definition) is 1. The van der Waals surface area contributed by atoms with E-state index in [2.05, 4.69) is 0 Å². The first-order valence-corrected chi connectivity index (χ1v) is 12.3. The van der Waals surface area contributed by atoms with E-state index in [0.717, 1.165) is 38.5 Å². The van der Waals surface area contributed by atoms with Crippen molar-refractivity contribution in [2.45, 2.75) is 127 Å². The fraction of sp³-hybridized carbons (Fsp3) is 0.957. The standard InChI is InChI=1S/C23H35F12NO/c1-3-5-7-9-11-13-15-36(16-14-12-10-8-6-4-2)18(37)20(28,29)22(32,33)23(34,35)21(30,31)19(26,27)17(24)25/h17H,3-16H2,1-2H3. The molecule has 0 aromatic heterocycles. The predicted octanol–water partition coefficient (Wildman–Crippen LogP) is 8.98. The molecule has 0 atom stereocenters. The highest BCUT2D eigenvalue weighted by atomic mass is 19.4. The van der Waals surface area contributed by atoms with Gasteiger partial charge in [-0.25, -0.2) is 8.78 Å². The van der Waals surface area contributed by atoms with Crippen LogP contribution < -0.4 is 0 Å². The molecule has 0 saturated heterocycles. The molecule has 0 aliphatic carbocycles. The van der Waals surface area contributed by atoms with Crippen molar-refractivity contribution in [3.8, 4) is 0 Å². The fourth-order valence-electron chi connectivity index (χ4n) is 3.55. The SMILES string of the molecule is CCCCCCCCN(CCCCCCCC)C(=O)C(F)(F)C(F)(F)C(F)(F)C(F)(F)C(F)(F)C(F)F. The van der Waals surface area contributed by atoms with Crippen molar-refractivity contribution < 1.29 is 57.5 Å². The topological polar surface area (TPSA) is 20.3 Å². The monoisotopic (exact) mass is 569 g/mol. The van der Waals surface area contributed by atoms with Crippen LogP contribution in [0.2, 0.25) is 0 Å². The van der Waals surface area contributed by atoms with Crippen LogP contribution in [0, 0.1) is 0 Å². The van der Waals surface area contributed by atoms with Gasteiger partial charge >= 0.3 is 36.0 Å². The molecule has 37 heavy (non-hydrogen) atoms. The summed E-state index contributed by atoms with van der Waals surface area (Å²) in [5, 5.41) is 0. The van der Waals surface area contributed by atoms with E-state index in [9.17, 15) is 57.5 Å². The van der Waals surface area contributed by atoms with Gasteiger partial charge in [0.25, 0.3) is 5.91 Å². The van der Waals surface area contributed by atoms with E-state index in [1.807, 2.05) is 13.8 Å². The highest BCUT2D eigenvalue weighted by molar-refractivity contribution is 5.85. The van der Waals surface area contributed by atoms with Crippen LogP contribution >= 0.6 is 0 Å². The van der Waals surface area contributed by atoms with Crippen LogP contribution in [0.4, 0.5) is 52.7 Å². The predicted molar refractivity (Wildman–Crippen MR) is 114 cm³/mol. The molecule has 2 nitrogen and oxygen atoms in total. The molecule has 0 saturated carbocycles. The largest absolute Gasteiger partial charge is 0.392 e. The zero-order valence-electron chi connectivity index (χ0n) is 20.9. The van der Waals surface area contributed by atoms with Gasteiger partial charge < -0.3 is 4.90 Å². The van der Waals surface area contributed by atoms with Crippen LogP contribution in [0.1, 0.15) is 90.9 Å². The molecule has 0 aromatic carbocycles. The smallest absolute Gasteiger partial charge is 0.337 e. The van der Waals surface area contributed by atoms with Crippen molar-refractivity contribution in [1.82, 2.24) is 4.90 Å². The van der Waals surface area contributed by atoms with Gasteiger partial charge in [0, 0.05) is 13.1 Å². The van der Waals surface area contributed by atoms with Crippen molar-refractivity contribution in [1.29, 1.82) is 0 Å². The lowest BCUT2D eigenvalue weighted by Crippen LogP contribution is -2.71. The molecule has 0 aromatic rings. The van der Waals surface area contributed by atoms with Crippen LogP contribution in [0.5, 0.6) is 0 Å². The maximum Gasteiger partial charge on any atom is 0.392 e. The number of hydrogen-bond donors (Lipinski definition) is 0. The van der Waals surface area contributed by atoms with Crippen molar-refractivity contribution in [2.75, 3.05) is 13.1 Å². The van der Waals surface area contributed by atoms with Gasteiger partial charge in [0.2, 0.25) is 0 Å². The number of alkyl halides is 12. The third-order valence-corrected chi connectivity index (χ3v) is 5.99. The van der Waals surface area contributed by atoms with Gasteiger partial charge in [-0.1, -0.05) is 78.1 Å². The number of unbranched alkanes of at least 4 members (excludes halogenated alkanes) is 10. The lowest BCUT2D eigenvalue weighted by Gasteiger charge is -2.39. The molecule has 0 unspecified atom stereocenters. The van der Waals surface area contributed by atoms with Gasteiger partial charge in [-0.15, -0.1) is 0 Å². The van der Waals surface area contributed by atoms with Gasteiger partial charge in [-0.05, 0) is 12.8 Å². The average molecular weight is 570 g/mol. The minimum Gasteiger partial charge on any atom is -0.337 e. The summed E-state index contributed by atoms with van der Waals surface area (Å²) in [4.78, 5) is 12.4. The maximum absolute atomic E-state index is 14.4. The van der Waals surface area contributed by atoms with Crippen molar-refractivity contribution >= 4 is 5.91 Å². The quantitative estimate of drug-likeness (QED) is 0.106. The first-order valence-electron chi connectivity index (χ1n) is 12.3. The molecule has 0 fully saturated rings.